The number of hydrogen-bond acceptors (Lipinski definition) is 7. The lowest BCUT2D eigenvalue weighted by molar-refractivity contribution is -0.146. The van der Waals surface area contributed by atoms with Gasteiger partial charge in [-0.25, -0.2) is 9.37 Å². The van der Waals surface area contributed by atoms with Crippen molar-refractivity contribution in [2.45, 2.75) is 77.4 Å². The van der Waals surface area contributed by atoms with E-state index in [1.54, 1.807) is 6.07 Å². The first kappa shape index (κ1) is 26.3. The number of halogens is 1. The molecule has 1 saturated carbocycles. The average molecular weight is 526 g/mol. The minimum Gasteiger partial charge on any atom is -0.468 e. The third-order valence-electron chi connectivity index (χ3n) is 8.24. The molecular weight excluding hydrogens is 489 g/mol. The lowest BCUT2D eigenvalue weighted by Crippen LogP contribution is -2.36. The number of imidazole rings is 1. The predicted molar refractivity (Wildman–Crippen MR) is 139 cm³/mol. The summed E-state index contributed by atoms with van der Waals surface area (Å²) in [7, 11) is 1.38. The molecule has 2 aromatic heterocycles. The highest BCUT2D eigenvalue weighted by atomic mass is 19.1. The second kappa shape index (κ2) is 11.2. The van der Waals surface area contributed by atoms with Gasteiger partial charge in [0.15, 0.2) is 5.82 Å². The molecule has 2 atom stereocenters. The second-order valence-electron chi connectivity index (χ2n) is 10.7. The Labute approximate surface area is 221 Å². The Balaban J connectivity index is 1.43. The first-order valence-electron chi connectivity index (χ1n) is 13.6. The van der Waals surface area contributed by atoms with Crippen molar-refractivity contribution in [1.82, 2.24) is 25.3 Å². The number of aryl methyl sites for hydroxylation is 1. The van der Waals surface area contributed by atoms with E-state index in [9.17, 15) is 9.59 Å². The van der Waals surface area contributed by atoms with E-state index in [1.807, 2.05) is 17.9 Å². The van der Waals surface area contributed by atoms with Gasteiger partial charge in [-0.15, -0.1) is 0 Å². The summed E-state index contributed by atoms with van der Waals surface area (Å²) in [5.74, 6) is 0.403. The van der Waals surface area contributed by atoms with Crippen LogP contribution in [0, 0.1) is 17.7 Å². The molecule has 9 nitrogen and oxygen atoms in total. The van der Waals surface area contributed by atoms with Crippen LogP contribution in [0.1, 0.15) is 85.9 Å². The van der Waals surface area contributed by atoms with Crippen LogP contribution in [0.15, 0.2) is 22.9 Å². The molecule has 1 aliphatic carbocycles. The third kappa shape index (κ3) is 5.18. The van der Waals surface area contributed by atoms with Gasteiger partial charge < -0.3 is 19.6 Å². The SMILES string of the molecule is CCc1nocc1C(=O)N[C@H](c1nc2c(F)c(CN3CCC[C@H]3C(=O)OC)ccc2[nH]1)[C@H]1CC[C@H](C)CC1. The van der Waals surface area contributed by atoms with Crippen molar-refractivity contribution in [3.63, 3.8) is 0 Å². The molecule has 3 heterocycles. The molecular formula is C28H36FN5O4. The van der Waals surface area contributed by atoms with Gasteiger partial charge in [0, 0.05) is 12.1 Å². The summed E-state index contributed by atoms with van der Waals surface area (Å²) < 4.78 is 25.7. The Morgan fingerprint density at radius 2 is 2.05 bits per heavy atom. The number of aromatic nitrogens is 3. The molecule has 2 aliphatic rings. The molecule has 3 aromatic rings. The largest absolute Gasteiger partial charge is 0.468 e. The second-order valence-corrected chi connectivity index (χ2v) is 10.7. The van der Waals surface area contributed by atoms with Gasteiger partial charge in [-0.3, -0.25) is 14.5 Å². The fourth-order valence-electron chi connectivity index (χ4n) is 5.96. The lowest BCUT2D eigenvalue weighted by atomic mass is 9.79. The monoisotopic (exact) mass is 525 g/mol. The Morgan fingerprint density at radius 3 is 2.79 bits per heavy atom. The van der Waals surface area contributed by atoms with Crippen LogP contribution in [-0.4, -0.2) is 51.6 Å². The molecule has 2 N–H and O–H groups in total. The van der Waals surface area contributed by atoms with E-state index in [-0.39, 0.29) is 29.4 Å². The van der Waals surface area contributed by atoms with Gasteiger partial charge in [0.05, 0.1) is 24.4 Å². The van der Waals surface area contributed by atoms with E-state index in [1.165, 1.54) is 13.4 Å². The number of aromatic amines is 1. The number of ether oxygens (including phenoxy) is 1. The zero-order valence-corrected chi connectivity index (χ0v) is 22.3. The maximum atomic E-state index is 15.8. The summed E-state index contributed by atoms with van der Waals surface area (Å²) in [6.45, 7) is 5.18. The number of hydrogen-bond donors (Lipinski definition) is 2. The zero-order chi connectivity index (χ0) is 26.8. The Morgan fingerprint density at radius 1 is 1.26 bits per heavy atom. The van der Waals surface area contributed by atoms with Gasteiger partial charge in [0.25, 0.3) is 5.91 Å². The summed E-state index contributed by atoms with van der Waals surface area (Å²) in [6.07, 6.45) is 7.56. The van der Waals surface area contributed by atoms with Crippen LogP contribution in [0.4, 0.5) is 4.39 Å². The summed E-state index contributed by atoms with van der Waals surface area (Å²) in [5, 5.41) is 7.09. The minimum absolute atomic E-state index is 0.175. The van der Waals surface area contributed by atoms with Crippen molar-refractivity contribution in [3.8, 4) is 0 Å². The standard InChI is InChI=1S/C28H36FN5O4/c1-4-20-19(15-38-33-20)27(35)32-24(17-9-7-16(2)8-10-17)26-30-21-12-11-18(23(29)25(21)31-26)14-34-13-5-6-22(34)28(36)37-3/h11-12,15-17,22,24H,4-10,13-14H2,1-3H3,(H,30,31)(H,32,35)/t16-,17-,22-,24-/m0/s1. The van der Waals surface area contributed by atoms with Crippen LogP contribution < -0.4 is 5.32 Å². The van der Waals surface area contributed by atoms with Gasteiger partial charge in [-0.2, -0.15) is 0 Å². The Kier molecular flexibility index (Phi) is 7.78. The molecule has 0 spiro atoms. The van der Waals surface area contributed by atoms with E-state index < -0.39 is 11.9 Å². The highest BCUT2D eigenvalue weighted by Crippen LogP contribution is 2.37. The van der Waals surface area contributed by atoms with Crippen molar-refractivity contribution < 1.29 is 23.2 Å². The van der Waals surface area contributed by atoms with Crippen LogP contribution in [0.3, 0.4) is 0 Å². The van der Waals surface area contributed by atoms with Crippen molar-refractivity contribution in [2.75, 3.05) is 13.7 Å². The molecule has 1 aliphatic heterocycles. The highest BCUT2D eigenvalue weighted by molar-refractivity contribution is 5.95. The van der Waals surface area contributed by atoms with Crippen LogP contribution in [-0.2, 0) is 22.5 Å². The highest BCUT2D eigenvalue weighted by Gasteiger charge is 2.34. The van der Waals surface area contributed by atoms with E-state index in [0.29, 0.717) is 60.0 Å². The number of carbonyl (C=O) groups is 2. The van der Waals surface area contributed by atoms with Gasteiger partial charge in [-0.05, 0) is 56.6 Å². The molecule has 0 bridgehead atoms. The number of carbonyl (C=O) groups excluding carboxylic acids is 2. The number of H-pyrrole nitrogens is 1. The molecule has 10 heteroatoms. The Hall–Kier alpha value is -3.27. The van der Waals surface area contributed by atoms with Gasteiger partial charge >= 0.3 is 5.97 Å². The lowest BCUT2D eigenvalue weighted by Gasteiger charge is -2.32. The van der Waals surface area contributed by atoms with Gasteiger partial charge in [0.1, 0.15) is 29.2 Å². The number of nitrogens with one attached hydrogen (secondary N) is 2. The molecule has 1 aromatic carbocycles. The predicted octanol–water partition coefficient (Wildman–Crippen LogP) is 4.69. The maximum Gasteiger partial charge on any atom is 0.323 e. The van der Waals surface area contributed by atoms with Crippen LogP contribution in [0.5, 0.6) is 0 Å². The molecule has 1 saturated heterocycles. The van der Waals surface area contributed by atoms with E-state index in [2.05, 4.69) is 22.4 Å². The summed E-state index contributed by atoms with van der Waals surface area (Å²) in [4.78, 5) is 35.3. The molecule has 5 rings (SSSR count). The Bertz CT molecular complexity index is 1300. The fraction of sp³-hybridized carbons (Fsp3) is 0.571. The molecule has 204 valence electrons. The smallest absolute Gasteiger partial charge is 0.323 e. The molecule has 38 heavy (non-hydrogen) atoms. The molecule has 2 fully saturated rings. The molecule has 0 radical (unpaired) electrons. The van der Waals surface area contributed by atoms with Crippen molar-refractivity contribution in [2.24, 2.45) is 11.8 Å². The van der Waals surface area contributed by atoms with Crippen molar-refractivity contribution >= 4 is 22.9 Å². The fourth-order valence-corrected chi connectivity index (χ4v) is 5.96. The zero-order valence-electron chi connectivity index (χ0n) is 22.3. The van der Waals surface area contributed by atoms with Crippen molar-refractivity contribution in [3.05, 3.63) is 46.9 Å². The summed E-state index contributed by atoms with van der Waals surface area (Å²) in [6, 6.07) is 2.81. The molecule has 0 unspecified atom stereocenters. The topological polar surface area (TPSA) is 113 Å². The first-order chi connectivity index (χ1) is 18.4. The number of amides is 1. The molecule has 1 amide bonds. The minimum atomic E-state index is -0.407. The number of benzene rings is 1. The van der Waals surface area contributed by atoms with E-state index >= 15 is 4.39 Å². The van der Waals surface area contributed by atoms with E-state index in [0.717, 1.165) is 32.1 Å². The maximum absolute atomic E-state index is 15.8. The first-order valence-corrected chi connectivity index (χ1v) is 13.6. The number of likely N-dealkylation sites (tertiary alicyclic amines) is 1. The number of nitrogens with zero attached hydrogens (tertiary/aromatic N) is 3. The van der Waals surface area contributed by atoms with Crippen LogP contribution in [0.2, 0.25) is 0 Å². The van der Waals surface area contributed by atoms with Gasteiger partial charge in [0.2, 0.25) is 0 Å². The van der Waals surface area contributed by atoms with Crippen molar-refractivity contribution in [1.29, 1.82) is 0 Å². The van der Waals surface area contributed by atoms with E-state index in [4.69, 9.17) is 14.2 Å². The number of esters is 1. The summed E-state index contributed by atoms with van der Waals surface area (Å²) in [5.41, 5.74) is 2.32. The van der Waals surface area contributed by atoms with Crippen LogP contribution in [0.25, 0.3) is 11.0 Å². The van der Waals surface area contributed by atoms with Gasteiger partial charge in [-0.1, -0.05) is 37.9 Å². The summed E-state index contributed by atoms with van der Waals surface area (Å²) >= 11 is 0. The third-order valence-corrected chi connectivity index (χ3v) is 8.24. The van der Waals surface area contributed by atoms with Crippen LogP contribution >= 0.6 is 0 Å². The number of fused-ring (bicyclic) bond motifs is 1. The average Bonchev–Trinajstić information content (AvgIpc) is 3.68. The normalized spacial score (nSPS) is 23.0. The number of rotatable bonds is 8. The quantitative estimate of drug-likeness (QED) is 0.410. The number of methoxy groups -OCH3 is 1.